The van der Waals surface area contributed by atoms with E-state index in [9.17, 15) is 20.1 Å². The number of carboxylic acid groups (broad SMARTS) is 1. The van der Waals surface area contributed by atoms with Gasteiger partial charge in [0, 0.05) is 5.56 Å². The van der Waals surface area contributed by atoms with Gasteiger partial charge in [-0.05, 0) is 120 Å². The fourth-order valence-corrected chi connectivity index (χ4v) is 7.83. The molecule has 4 fully saturated rings. The van der Waals surface area contributed by atoms with Crippen molar-refractivity contribution in [2.45, 2.75) is 57.0 Å². The monoisotopic (exact) mass is 486 g/mol. The number of carboxylic acids is 1. The van der Waals surface area contributed by atoms with Crippen molar-refractivity contribution >= 4 is 16.7 Å². The third-order valence-corrected chi connectivity index (χ3v) is 9.08. The van der Waals surface area contributed by atoms with E-state index >= 15 is 0 Å². The largest absolute Gasteiger partial charge is 0.490 e. The Balaban J connectivity index is 1.42. The number of hydrogen-bond acceptors (Lipinski definition) is 4. The van der Waals surface area contributed by atoms with Gasteiger partial charge in [-0.2, -0.15) is 0 Å². The van der Waals surface area contributed by atoms with E-state index in [2.05, 4.69) is 24.3 Å². The molecule has 3 N–H and O–H groups in total. The maximum Gasteiger partial charge on any atom is 0.335 e. The molecule has 3 aromatic rings. The fourth-order valence-electron chi connectivity index (χ4n) is 7.83. The van der Waals surface area contributed by atoms with E-state index in [1.165, 1.54) is 44.1 Å². The lowest BCUT2D eigenvalue weighted by atomic mass is 9.48. The van der Waals surface area contributed by atoms with Crippen LogP contribution in [0.25, 0.3) is 21.9 Å². The van der Waals surface area contributed by atoms with Crippen molar-refractivity contribution in [3.05, 3.63) is 65.2 Å². The number of benzene rings is 3. The average Bonchev–Trinajstić information content (AvgIpc) is 2.86. The standard InChI is InChI=1S/C31H34O5/c1-18-26-5-2-22(11-24(26)3-6-27(18)30(34)35)23-4-7-29(36-17-25(33)16-32)28(12-23)31-13-19-8-20(14-31)10-21(9-19)15-31/h2-7,11-12,19-21,25,32-33H,8-10,13-17H2,1H3,(H,34,35). The van der Waals surface area contributed by atoms with Gasteiger partial charge < -0.3 is 20.1 Å². The summed E-state index contributed by atoms with van der Waals surface area (Å²) in [5.41, 5.74) is 4.71. The number of aromatic carboxylic acids is 1. The van der Waals surface area contributed by atoms with E-state index < -0.39 is 12.1 Å². The Morgan fingerprint density at radius 2 is 1.61 bits per heavy atom. The highest BCUT2D eigenvalue weighted by Crippen LogP contribution is 2.62. The van der Waals surface area contributed by atoms with Crippen molar-refractivity contribution in [2.75, 3.05) is 13.2 Å². The second kappa shape index (κ2) is 8.89. The Kier molecular flexibility index (Phi) is 5.81. The lowest BCUT2D eigenvalue weighted by molar-refractivity contribution is -0.00735. The van der Waals surface area contributed by atoms with E-state index in [1.54, 1.807) is 6.07 Å². The van der Waals surface area contributed by atoms with E-state index in [4.69, 9.17) is 4.74 Å². The van der Waals surface area contributed by atoms with Crippen molar-refractivity contribution in [2.24, 2.45) is 17.8 Å². The molecule has 4 bridgehead atoms. The molecule has 0 spiro atoms. The van der Waals surface area contributed by atoms with Crippen molar-refractivity contribution in [1.29, 1.82) is 0 Å². The number of fused-ring (bicyclic) bond motifs is 1. The molecule has 0 heterocycles. The third-order valence-electron chi connectivity index (χ3n) is 9.08. The zero-order valence-corrected chi connectivity index (χ0v) is 20.7. The number of aryl methyl sites for hydroxylation is 1. The van der Waals surface area contributed by atoms with Crippen molar-refractivity contribution in [1.82, 2.24) is 0 Å². The molecular weight excluding hydrogens is 452 g/mol. The van der Waals surface area contributed by atoms with Crippen LogP contribution in [0.3, 0.4) is 0 Å². The SMILES string of the molecule is Cc1c(C(=O)O)ccc2cc(-c3ccc(OCC(O)CO)c(C45CC6CC(CC(C6)C4)C5)c3)ccc12. The summed E-state index contributed by atoms with van der Waals surface area (Å²) in [6.45, 7) is 1.63. The molecule has 5 heteroatoms. The predicted octanol–water partition coefficient (Wildman–Crippen LogP) is 5.71. The number of hydrogen-bond donors (Lipinski definition) is 3. The Labute approximate surface area is 211 Å². The van der Waals surface area contributed by atoms with E-state index in [1.807, 2.05) is 25.1 Å². The minimum absolute atomic E-state index is 0.0797. The van der Waals surface area contributed by atoms with Gasteiger partial charge in [0.2, 0.25) is 0 Å². The van der Waals surface area contributed by atoms with Crippen LogP contribution in [0.5, 0.6) is 5.75 Å². The van der Waals surface area contributed by atoms with Gasteiger partial charge in [0.1, 0.15) is 18.5 Å². The molecule has 0 aliphatic heterocycles. The number of rotatable bonds is 7. The molecule has 36 heavy (non-hydrogen) atoms. The van der Waals surface area contributed by atoms with Gasteiger partial charge in [-0.25, -0.2) is 4.79 Å². The van der Waals surface area contributed by atoms with Crippen molar-refractivity contribution in [3.63, 3.8) is 0 Å². The second-order valence-electron chi connectivity index (χ2n) is 11.5. The van der Waals surface area contributed by atoms with Crippen LogP contribution in [0.1, 0.15) is 60.0 Å². The molecule has 4 saturated carbocycles. The van der Waals surface area contributed by atoms with Crippen molar-refractivity contribution in [3.8, 4) is 16.9 Å². The lowest BCUT2D eigenvalue weighted by Gasteiger charge is -2.57. The number of carbonyl (C=O) groups is 1. The first kappa shape index (κ1) is 23.5. The molecular formula is C31H34O5. The maximum absolute atomic E-state index is 11.6. The van der Waals surface area contributed by atoms with Crippen molar-refractivity contribution < 1.29 is 24.9 Å². The van der Waals surface area contributed by atoms with Crippen LogP contribution in [0.4, 0.5) is 0 Å². The van der Waals surface area contributed by atoms with Gasteiger partial charge in [0.25, 0.3) is 0 Å². The molecule has 1 unspecified atom stereocenters. The van der Waals surface area contributed by atoms with Crippen LogP contribution in [0, 0.1) is 24.7 Å². The van der Waals surface area contributed by atoms with E-state index in [0.29, 0.717) is 5.56 Å². The minimum Gasteiger partial charge on any atom is -0.490 e. The van der Waals surface area contributed by atoms with Gasteiger partial charge in [-0.3, -0.25) is 0 Å². The normalized spacial score (nSPS) is 27.4. The summed E-state index contributed by atoms with van der Waals surface area (Å²) in [4.78, 5) is 11.6. The smallest absolute Gasteiger partial charge is 0.335 e. The molecule has 4 aliphatic rings. The van der Waals surface area contributed by atoms with E-state index in [0.717, 1.165) is 51.0 Å². The molecule has 0 amide bonds. The molecule has 0 aromatic heterocycles. The first-order valence-corrected chi connectivity index (χ1v) is 13.2. The molecule has 0 radical (unpaired) electrons. The van der Waals surface area contributed by atoms with Crippen LogP contribution in [-0.4, -0.2) is 40.6 Å². The molecule has 4 aliphatic carbocycles. The molecule has 5 nitrogen and oxygen atoms in total. The summed E-state index contributed by atoms with van der Waals surface area (Å²) in [7, 11) is 0. The highest BCUT2D eigenvalue weighted by atomic mass is 16.5. The topological polar surface area (TPSA) is 87.0 Å². The fraction of sp³-hybridized carbons (Fsp3) is 0.452. The quantitative estimate of drug-likeness (QED) is 0.398. The zero-order valence-electron chi connectivity index (χ0n) is 20.7. The lowest BCUT2D eigenvalue weighted by Crippen LogP contribution is -2.48. The summed E-state index contributed by atoms with van der Waals surface area (Å²) < 4.78 is 6.13. The van der Waals surface area contributed by atoms with Crippen LogP contribution in [0.2, 0.25) is 0 Å². The molecule has 3 aromatic carbocycles. The Bertz CT molecular complexity index is 1290. The summed E-state index contributed by atoms with van der Waals surface area (Å²) in [5, 5.41) is 30.7. The third kappa shape index (κ3) is 3.99. The number of aliphatic hydroxyl groups is 2. The second-order valence-corrected chi connectivity index (χ2v) is 11.5. The highest BCUT2D eigenvalue weighted by Gasteiger charge is 2.52. The molecule has 0 saturated heterocycles. The van der Waals surface area contributed by atoms with Crippen LogP contribution in [0.15, 0.2) is 48.5 Å². The van der Waals surface area contributed by atoms with Gasteiger partial charge in [-0.15, -0.1) is 0 Å². The Morgan fingerprint density at radius 1 is 0.972 bits per heavy atom. The highest BCUT2D eigenvalue weighted by molar-refractivity contribution is 5.99. The van der Waals surface area contributed by atoms with Crippen LogP contribution < -0.4 is 4.74 Å². The van der Waals surface area contributed by atoms with Gasteiger partial charge >= 0.3 is 5.97 Å². The summed E-state index contributed by atoms with van der Waals surface area (Å²) in [6.07, 6.45) is 6.80. The first-order chi connectivity index (χ1) is 17.3. The molecule has 188 valence electrons. The minimum atomic E-state index is -0.902. The summed E-state index contributed by atoms with van der Waals surface area (Å²) in [6, 6.07) is 16.2. The zero-order chi connectivity index (χ0) is 25.0. The molecule has 1 atom stereocenters. The van der Waals surface area contributed by atoms with Crippen LogP contribution >= 0.6 is 0 Å². The van der Waals surface area contributed by atoms with Gasteiger partial charge in [0.15, 0.2) is 0 Å². The number of ether oxygens (including phenoxy) is 1. The average molecular weight is 487 g/mol. The Morgan fingerprint density at radius 3 is 2.25 bits per heavy atom. The predicted molar refractivity (Wildman–Crippen MR) is 140 cm³/mol. The maximum atomic E-state index is 11.6. The summed E-state index contributed by atoms with van der Waals surface area (Å²) in [5.74, 6) is 2.31. The van der Waals surface area contributed by atoms with Gasteiger partial charge in [-0.1, -0.05) is 24.3 Å². The number of aliphatic hydroxyl groups excluding tert-OH is 2. The van der Waals surface area contributed by atoms with Crippen LogP contribution in [-0.2, 0) is 5.41 Å². The van der Waals surface area contributed by atoms with E-state index in [-0.39, 0.29) is 18.6 Å². The first-order valence-electron chi connectivity index (χ1n) is 13.2. The summed E-state index contributed by atoms with van der Waals surface area (Å²) >= 11 is 0. The molecule has 7 rings (SSSR count). The Hall–Kier alpha value is -2.89. The van der Waals surface area contributed by atoms with Gasteiger partial charge in [0.05, 0.1) is 12.2 Å².